The molecule has 20 heavy (non-hydrogen) atoms. The first-order valence-electron chi connectivity index (χ1n) is 7.28. The van der Waals surface area contributed by atoms with Crippen LogP contribution in [0.2, 0.25) is 0 Å². The van der Waals surface area contributed by atoms with Crippen LogP contribution in [0.3, 0.4) is 0 Å². The summed E-state index contributed by atoms with van der Waals surface area (Å²) in [5, 5.41) is 1.74. The van der Waals surface area contributed by atoms with Crippen molar-refractivity contribution in [1.82, 2.24) is 4.98 Å². The van der Waals surface area contributed by atoms with Crippen LogP contribution < -0.4 is 16.2 Å². The molecule has 106 valence electrons. The van der Waals surface area contributed by atoms with Crippen LogP contribution in [0.15, 0.2) is 35.1 Å². The number of fused-ring (bicyclic) bond motifs is 1. The second-order valence-electron chi connectivity index (χ2n) is 5.75. The third-order valence-corrected chi connectivity index (χ3v) is 4.36. The molecule has 0 amide bonds. The summed E-state index contributed by atoms with van der Waals surface area (Å²) in [6.45, 7) is 3.84. The van der Waals surface area contributed by atoms with Crippen molar-refractivity contribution in [3.8, 4) is 0 Å². The van der Waals surface area contributed by atoms with Crippen LogP contribution in [0.5, 0.6) is 0 Å². The molecule has 1 fully saturated rings. The Balaban J connectivity index is 2.02. The number of rotatable bonds is 2. The lowest BCUT2D eigenvalue weighted by molar-refractivity contribution is 0.372. The predicted octanol–water partition coefficient (Wildman–Crippen LogP) is 2.09. The summed E-state index contributed by atoms with van der Waals surface area (Å²) in [4.78, 5) is 17.5. The van der Waals surface area contributed by atoms with E-state index in [1.165, 1.54) is 6.42 Å². The van der Waals surface area contributed by atoms with Gasteiger partial charge in [-0.25, -0.2) is 0 Å². The number of aromatic nitrogens is 1. The molecule has 4 nitrogen and oxygen atoms in total. The average Bonchev–Trinajstić information content (AvgIpc) is 2.48. The number of aromatic amines is 1. The van der Waals surface area contributed by atoms with Crippen LogP contribution in [-0.2, 0) is 0 Å². The molecule has 0 aliphatic carbocycles. The van der Waals surface area contributed by atoms with Crippen LogP contribution in [0.1, 0.15) is 19.8 Å². The minimum Gasteiger partial charge on any atom is -0.355 e. The van der Waals surface area contributed by atoms with E-state index in [2.05, 4.69) is 22.9 Å². The third-order valence-electron chi connectivity index (χ3n) is 4.36. The number of nitrogens with two attached hydrogens (primary N) is 1. The molecule has 4 heteroatoms. The molecule has 1 aliphatic rings. The number of piperidine rings is 1. The number of pyridine rings is 1. The number of nitrogens with one attached hydrogen (secondary N) is 1. The highest BCUT2D eigenvalue weighted by molar-refractivity contribution is 5.83. The summed E-state index contributed by atoms with van der Waals surface area (Å²) in [5.74, 6) is 1.43. The van der Waals surface area contributed by atoms with Gasteiger partial charge in [0.25, 0.3) is 5.56 Å². The van der Waals surface area contributed by atoms with Gasteiger partial charge in [-0.2, -0.15) is 0 Å². The molecule has 0 saturated carbocycles. The van der Waals surface area contributed by atoms with Crippen molar-refractivity contribution >= 4 is 16.6 Å². The molecule has 1 aromatic carbocycles. The minimum absolute atomic E-state index is 0.0137. The summed E-state index contributed by atoms with van der Waals surface area (Å²) in [6.07, 6.45) is 2.29. The molecule has 3 rings (SSSR count). The SMILES string of the molecule is CC1CCC(CN)CN1c1cc2ccccc2c(=O)[nH]1. The normalized spacial score (nSPS) is 23.2. The fourth-order valence-electron chi connectivity index (χ4n) is 3.06. The van der Waals surface area contributed by atoms with Crippen molar-refractivity contribution in [3.05, 3.63) is 40.7 Å². The van der Waals surface area contributed by atoms with E-state index in [-0.39, 0.29) is 5.56 Å². The Bertz CT molecular complexity index is 664. The predicted molar refractivity (Wildman–Crippen MR) is 83.2 cm³/mol. The Morgan fingerprint density at radius 2 is 2.15 bits per heavy atom. The Kier molecular flexibility index (Phi) is 3.49. The van der Waals surface area contributed by atoms with Gasteiger partial charge in [-0.3, -0.25) is 4.79 Å². The highest BCUT2D eigenvalue weighted by Crippen LogP contribution is 2.26. The van der Waals surface area contributed by atoms with E-state index in [1.54, 1.807) is 0 Å². The first kappa shape index (κ1) is 13.2. The standard InChI is InChI=1S/C16H21N3O/c1-11-6-7-12(9-17)10-19(11)15-8-13-4-2-3-5-14(13)16(20)18-15/h2-5,8,11-12H,6-7,9-10,17H2,1H3,(H,18,20). The molecule has 2 unspecified atom stereocenters. The van der Waals surface area contributed by atoms with E-state index in [1.807, 2.05) is 24.3 Å². The summed E-state index contributed by atoms with van der Waals surface area (Å²) in [5.41, 5.74) is 5.80. The molecule has 0 spiro atoms. The zero-order valence-electron chi connectivity index (χ0n) is 11.8. The topological polar surface area (TPSA) is 62.1 Å². The van der Waals surface area contributed by atoms with Gasteiger partial charge in [0.2, 0.25) is 0 Å². The van der Waals surface area contributed by atoms with E-state index >= 15 is 0 Å². The molecule has 1 aliphatic heterocycles. The Morgan fingerprint density at radius 3 is 2.95 bits per heavy atom. The van der Waals surface area contributed by atoms with Crippen molar-refractivity contribution in [1.29, 1.82) is 0 Å². The van der Waals surface area contributed by atoms with Crippen LogP contribution in [0.25, 0.3) is 10.8 Å². The van der Waals surface area contributed by atoms with Gasteiger partial charge < -0.3 is 15.6 Å². The van der Waals surface area contributed by atoms with E-state index in [9.17, 15) is 4.79 Å². The van der Waals surface area contributed by atoms with Gasteiger partial charge in [-0.15, -0.1) is 0 Å². The monoisotopic (exact) mass is 271 g/mol. The molecule has 2 heterocycles. The smallest absolute Gasteiger partial charge is 0.257 e. The number of H-pyrrole nitrogens is 1. The minimum atomic E-state index is -0.0137. The van der Waals surface area contributed by atoms with Gasteiger partial charge in [0.1, 0.15) is 5.82 Å². The fraction of sp³-hybridized carbons (Fsp3) is 0.438. The Hall–Kier alpha value is -1.81. The lowest BCUT2D eigenvalue weighted by atomic mass is 9.93. The third kappa shape index (κ3) is 2.31. The molecule has 3 N–H and O–H groups in total. The first-order valence-corrected chi connectivity index (χ1v) is 7.28. The van der Waals surface area contributed by atoms with Crippen LogP contribution >= 0.6 is 0 Å². The van der Waals surface area contributed by atoms with Gasteiger partial charge in [-0.1, -0.05) is 18.2 Å². The maximum Gasteiger partial charge on any atom is 0.257 e. The van der Waals surface area contributed by atoms with Gasteiger partial charge in [0, 0.05) is 18.0 Å². The highest BCUT2D eigenvalue weighted by atomic mass is 16.1. The van der Waals surface area contributed by atoms with Gasteiger partial charge >= 0.3 is 0 Å². The zero-order chi connectivity index (χ0) is 14.1. The van der Waals surface area contributed by atoms with E-state index < -0.39 is 0 Å². The molecule has 0 radical (unpaired) electrons. The molecule has 2 atom stereocenters. The van der Waals surface area contributed by atoms with Crippen molar-refractivity contribution in [2.24, 2.45) is 11.7 Å². The molecule has 1 saturated heterocycles. The molecule has 1 aromatic heterocycles. The molecule has 0 bridgehead atoms. The van der Waals surface area contributed by atoms with Crippen molar-refractivity contribution in [3.63, 3.8) is 0 Å². The molecular weight excluding hydrogens is 250 g/mol. The van der Waals surface area contributed by atoms with E-state index in [0.29, 0.717) is 18.5 Å². The highest BCUT2D eigenvalue weighted by Gasteiger charge is 2.25. The van der Waals surface area contributed by atoms with Crippen molar-refractivity contribution in [2.75, 3.05) is 18.0 Å². The molecule has 2 aromatic rings. The van der Waals surface area contributed by atoms with E-state index in [0.717, 1.165) is 29.6 Å². The van der Waals surface area contributed by atoms with Crippen molar-refractivity contribution in [2.45, 2.75) is 25.8 Å². The van der Waals surface area contributed by atoms with Gasteiger partial charge in [0.15, 0.2) is 0 Å². The maximum absolute atomic E-state index is 12.2. The van der Waals surface area contributed by atoms with Crippen LogP contribution in [0, 0.1) is 5.92 Å². The average molecular weight is 271 g/mol. The summed E-state index contributed by atoms with van der Waals surface area (Å²) < 4.78 is 0. The number of hydrogen-bond donors (Lipinski definition) is 2. The Labute approximate surface area is 118 Å². The second kappa shape index (κ2) is 5.29. The molecular formula is C16H21N3O. The second-order valence-corrected chi connectivity index (χ2v) is 5.75. The number of nitrogens with zero attached hydrogens (tertiary/aromatic N) is 1. The quantitative estimate of drug-likeness (QED) is 0.879. The zero-order valence-corrected chi connectivity index (χ0v) is 11.8. The van der Waals surface area contributed by atoms with Gasteiger partial charge in [-0.05, 0) is 49.7 Å². The number of hydrogen-bond acceptors (Lipinski definition) is 3. The van der Waals surface area contributed by atoms with Crippen LogP contribution in [-0.4, -0.2) is 24.1 Å². The van der Waals surface area contributed by atoms with E-state index in [4.69, 9.17) is 5.73 Å². The van der Waals surface area contributed by atoms with Crippen molar-refractivity contribution < 1.29 is 0 Å². The Morgan fingerprint density at radius 1 is 1.35 bits per heavy atom. The fourth-order valence-corrected chi connectivity index (χ4v) is 3.06. The largest absolute Gasteiger partial charge is 0.355 e. The summed E-state index contributed by atoms with van der Waals surface area (Å²) >= 11 is 0. The lowest BCUT2D eigenvalue weighted by Gasteiger charge is -2.39. The maximum atomic E-state index is 12.2. The number of anilines is 1. The lowest BCUT2D eigenvalue weighted by Crippen LogP contribution is -2.44. The summed E-state index contributed by atoms with van der Waals surface area (Å²) in [6, 6.07) is 10.2. The first-order chi connectivity index (χ1) is 9.69. The van der Waals surface area contributed by atoms with Gasteiger partial charge in [0.05, 0.1) is 0 Å². The van der Waals surface area contributed by atoms with Crippen LogP contribution in [0.4, 0.5) is 5.82 Å². The number of benzene rings is 1. The summed E-state index contributed by atoms with van der Waals surface area (Å²) in [7, 11) is 0.